The topological polar surface area (TPSA) is 23.6 Å². The van der Waals surface area contributed by atoms with Crippen molar-refractivity contribution in [3.8, 4) is 0 Å². The molecule has 30 heavy (non-hydrogen) atoms. The minimum atomic E-state index is -5.10. The molecule has 2 aromatic rings. The third-order valence-corrected chi connectivity index (χ3v) is 4.86. The molecule has 0 spiro atoms. The average molecular weight is 434 g/mol. The molecule has 1 fully saturated rings. The molecule has 162 valence electrons. The van der Waals surface area contributed by atoms with E-state index in [2.05, 4.69) is 0 Å². The van der Waals surface area contributed by atoms with Gasteiger partial charge in [0.05, 0.1) is 16.7 Å². The third-order valence-electron chi connectivity index (χ3n) is 4.86. The van der Waals surface area contributed by atoms with Gasteiger partial charge in [0.25, 0.3) is 5.91 Å². The average Bonchev–Trinajstić information content (AvgIpc) is 2.68. The Morgan fingerprint density at radius 2 is 1.43 bits per heavy atom. The van der Waals surface area contributed by atoms with Crippen molar-refractivity contribution in [2.75, 3.05) is 26.2 Å². The fourth-order valence-electron chi connectivity index (χ4n) is 3.27. The van der Waals surface area contributed by atoms with E-state index in [0.717, 1.165) is 5.56 Å². The summed E-state index contributed by atoms with van der Waals surface area (Å²) in [5, 5.41) is 0. The zero-order valence-corrected chi connectivity index (χ0v) is 15.5. The first-order valence-corrected chi connectivity index (χ1v) is 8.99. The van der Waals surface area contributed by atoms with Crippen LogP contribution in [0.25, 0.3) is 0 Å². The van der Waals surface area contributed by atoms with E-state index < -0.39 is 35.0 Å². The Morgan fingerprint density at radius 3 is 1.97 bits per heavy atom. The molecule has 3 nitrogen and oxygen atoms in total. The maximum Gasteiger partial charge on any atom is 0.417 e. The molecule has 1 saturated heterocycles. The maximum atomic E-state index is 13.3. The predicted octanol–water partition coefficient (Wildman–Crippen LogP) is 4.82. The van der Waals surface area contributed by atoms with Crippen LogP contribution in [0.3, 0.4) is 0 Å². The first kappa shape index (κ1) is 22.1. The summed E-state index contributed by atoms with van der Waals surface area (Å²) in [6.45, 7) is 1.46. The number of alkyl halides is 6. The van der Waals surface area contributed by atoms with Gasteiger partial charge < -0.3 is 4.90 Å². The Kier molecular flexibility index (Phi) is 6.07. The van der Waals surface area contributed by atoms with Gasteiger partial charge in [-0.1, -0.05) is 12.1 Å². The van der Waals surface area contributed by atoms with Crippen LogP contribution in [-0.2, 0) is 18.9 Å². The smallest absolute Gasteiger partial charge is 0.336 e. The lowest BCUT2D eigenvalue weighted by atomic mass is 10.0. The van der Waals surface area contributed by atoms with Gasteiger partial charge in [-0.2, -0.15) is 26.3 Å². The van der Waals surface area contributed by atoms with Crippen molar-refractivity contribution in [3.05, 3.63) is 70.5 Å². The van der Waals surface area contributed by atoms with Crippen LogP contribution in [0, 0.1) is 5.82 Å². The first-order valence-electron chi connectivity index (χ1n) is 8.99. The van der Waals surface area contributed by atoms with Crippen LogP contribution < -0.4 is 0 Å². The van der Waals surface area contributed by atoms with Crippen LogP contribution in [0.1, 0.15) is 27.0 Å². The summed E-state index contributed by atoms with van der Waals surface area (Å²) in [4.78, 5) is 15.8. The molecule has 10 heteroatoms. The summed E-state index contributed by atoms with van der Waals surface area (Å²) in [6.07, 6.45) is -10.1. The van der Waals surface area contributed by atoms with Crippen LogP contribution in [-0.4, -0.2) is 41.9 Å². The van der Waals surface area contributed by atoms with E-state index in [0.29, 0.717) is 31.8 Å². The predicted molar refractivity (Wildman–Crippen MR) is 94.0 cm³/mol. The van der Waals surface area contributed by atoms with E-state index >= 15 is 0 Å². The van der Waals surface area contributed by atoms with E-state index in [1.54, 1.807) is 12.1 Å². The van der Waals surface area contributed by atoms with Crippen LogP contribution in [0.2, 0.25) is 0 Å². The zero-order chi connectivity index (χ0) is 22.1. The molecule has 0 unspecified atom stereocenters. The molecule has 0 atom stereocenters. The lowest BCUT2D eigenvalue weighted by Gasteiger charge is -2.35. The van der Waals surface area contributed by atoms with E-state index in [-0.39, 0.29) is 25.0 Å². The van der Waals surface area contributed by atoms with Crippen molar-refractivity contribution >= 4 is 5.91 Å². The Hall–Kier alpha value is -2.62. The van der Waals surface area contributed by atoms with Gasteiger partial charge in [0, 0.05) is 32.7 Å². The van der Waals surface area contributed by atoms with Gasteiger partial charge in [-0.25, -0.2) is 4.39 Å². The molecule has 0 saturated carbocycles. The molecule has 0 aromatic heterocycles. The number of nitrogens with zero attached hydrogens (tertiary/aromatic N) is 2. The molecule has 0 N–H and O–H groups in total. The van der Waals surface area contributed by atoms with Crippen molar-refractivity contribution in [2.24, 2.45) is 0 Å². The molecule has 2 aromatic carbocycles. The molecule has 3 rings (SSSR count). The number of carbonyl (C=O) groups is 1. The van der Waals surface area contributed by atoms with Crippen molar-refractivity contribution in [1.29, 1.82) is 0 Å². The van der Waals surface area contributed by atoms with Crippen molar-refractivity contribution < 1.29 is 35.5 Å². The second-order valence-electron chi connectivity index (χ2n) is 6.95. The molecule has 0 radical (unpaired) electrons. The van der Waals surface area contributed by atoms with Crippen LogP contribution in [0.4, 0.5) is 30.7 Å². The lowest BCUT2D eigenvalue weighted by Crippen LogP contribution is -2.48. The zero-order valence-electron chi connectivity index (χ0n) is 15.5. The number of hydrogen-bond donors (Lipinski definition) is 0. The summed E-state index contributed by atoms with van der Waals surface area (Å²) >= 11 is 0. The molecule has 0 bridgehead atoms. The molecule has 1 heterocycles. The summed E-state index contributed by atoms with van der Waals surface area (Å²) in [5.41, 5.74) is -3.02. The standard InChI is InChI=1S/C20H17F7N2O/c21-15-4-1-13(2-5-15)12-28-7-9-29(10-8-28)18(30)16-6-3-14(19(22,23)24)11-17(16)20(25,26)27/h1-6,11H,7-10,12H2. The number of rotatable bonds is 3. The normalized spacial score (nSPS) is 16.0. The molecule has 1 aliphatic heterocycles. The summed E-state index contributed by atoms with van der Waals surface area (Å²) in [5.74, 6) is -1.33. The van der Waals surface area contributed by atoms with Gasteiger partial charge in [0.1, 0.15) is 5.82 Å². The molecular weight excluding hydrogens is 417 g/mol. The summed E-state index contributed by atoms with van der Waals surface area (Å²) < 4.78 is 91.3. The highest BCUT2D eigenvalue weighted by atomic mass is 19.4. The first-order chi connectivity index (χ1) is 13.9. The quantitative estimate of drug-likeness (QED) is 0.647. The second kappa shape index (κ2) is 8.25. The van der Waals surface area contributed by atoms with Gasteiger partial charge in [-0.3, -0.25) is 9.69 Å². The van der Waals surface area contributed by atoms with Crippen molar-refractivity contribution in [3.63, 3.8) is 0 Å². The number of halogens is 7. The molecule has 1 aliphatic rings. The Labute approximate surface area is 167 Å². The SMILES string of the molecule is O=C(c1ccc(C(F)(F)F)cc1C(F)(F)F)N1CCN(Cc2ccc(F)cc2)CC1. The highest BCUT2D eigenvalue weighted by Crippen LogP contribution is 2.37. The highest BCUT2D eigenvalue weighted by molar-refractivity contribution is 5.96. The molecule has 1 amide bonds. The van der Waals surface area contributed by atoms with E-state index in [9.17, 15) is 35.5 Å². The fourth-order valence-corrected chi connectivity index (χ4v) is 3.27. The van der Waals surface area contributed by atoms with Gasteiger partial charge in [0.2, 0.25) is 0 Å². The second-order valence-corrected chi connectivity index (χ2v) is 6.95. The van der Waals surface area contributed by atoms with E-state index in [4.69, 9.17) is 0 Å². The van der Waals surface area contributed by atoms with Crippen molar-refractivity contribution in [1.82, 2.24) is 9.80 Å². The van der Waals surface area contributed by atoms with Gasteiger partial charge in [-0.15, -0.1) is 0 Å². The largest absolute Gasteiger partial charge is 0.417 e. The maximum absolute atomic E-state index is 13.3. The van der Waals surface area contributed by atoms with Crippen LogP contribution >= 0.6 is 0 Å². The van der Waals surface area contributed by atoms with Crippen molar-refractivity contribution in [2.45, 2.75) is 18.9 Å². The summed E-state index contributed by atoms with van der Waals surface area (Å²) in [7, 11) is 0. The van der Waals surface area contributed by atoms with Gasteiger partial charge >= 0.3 is 12.4 Å². The number of amides is 1. The monoisotopic (exact) mass is 434 g/mol. The Morgan fingerprint density at radius 1 is 0.833 bits per heavy atom. The fraction of sp³-hybridized carbons (Fsp3) is 0.350. The third kappa shape index (κ3) is 5.10. The van der Waals surface area contributed by atoms with Crippen LogP contribution in [0.15, 0.2) is 42.5 Å². The number of hydrogen-bond acceptors (Lipinski definition) is 2. The molecule has 0 aliphatic carbocycles. The Balaban J connectivity index is 1.72. The Bertz CT molecular complexity index is 899. The minimum absolute atomic E-state index is 0.0297. The van der Waals surface area contributed by atoms with E-state index in [1.807, 2.05) is 4.90 Å². The van der Waals surface area contributed by atoms with E-state index in [1.165, 1.54) is 17.0 Å². The number of carbonyl (C=O) groups excluding carboxylic acids is 1. The molecular formula is C20H17F7N2O. The highest BCUT2D eigenvalue weighted by Gasteiger charge is 2.40. The van der Waals surface area contributed by atoms with Gasteiger partial charge in [-0.05, 0) is 35.9 Å². The number of benzene rings is 2. The minimum Gasteiger partial charge on any atom is -0.336 e. The number of piperazine rings is 1. The van der Waals surface area contributed by atoms with Crippen LogP contribution in [0.5, 0.6) is 0 Å². The summed E-state index contributed by atoms with van der Waals surface area (Å²) in [6, 6.07) is 6.90. The lowest BCUT2D eigenvalue weighted by molar-refractivity contribution is -0.143. The van der Waals surface area contributed by atoms with Gasteiger partial charge in [0.15, 0.2) is 0 Å².